The summed E-state index contributed by atoms with van der Waals surface area (Å²) in [6.45, 7) is 4.96. The minimum atomic E-state index is -0.501. The van der Waals surface area contributed by atoms with Crippen molar-refractivity contribution in [3.8, 4) is 0 Å². The van der Waals surface area contributed by atoms with Crippen molar-refractivity contribution in [1.82, 2.24) is 0 Å². The molecule has 4 nitrogen and oxygen atoms in total. The molecule has 0 saturated carbocycles. The maximum absolute atomic E-state index is 11.3. The standard InChI is InChI=1S/C18H30O4/c1-3-5-7-8-9-10-11-12-16-22-18(20)14-13-17(19)21-15-6-4-2/h9-10,13-14H,3-8,11-12,15-16H2,1-2H3/b10-9+,14-13+. The fraction of sp³-hybridized carbons (Fsp3) is 0.667. The molecule has 0 heterocycles. The molecule has 0 unspecified atom stereocenters. The molecule has 0 spiro atoms. The molecular formula is C18H30O4. The van der Waals surface area contributed by atoms with Crippen LogP contribution in [0.5, 0.6) is 0 Å². The second kappa shape index (κ2) is 15.8. The molecule has 0 N–H and O–H groups in total. The van der Waals surface area contributed by atoms with Crippen LogP contribution in [-0.2, 0) is 19.1 Å². The molecule has 0 aromatic carbocycles. The first-order chi connectivity index (χ1) is 10.7. The van der Waals surface area contributed by atoms with Gasteiger partial charge in [0.1, 0.15) is 0 Å². The third-order valence-electron chi connectivity index (χ3n) is 3.00. The minimum Gasteiger partial charge on any atom is -0.463 e. The van der Waals surface area contributed by atoms with Crippen molar-refractivity contribution in [3.05, 3.63) is 24.3 Å². The van der Waals surface area contributed by atoms with Crippen LogP contribution in [0.4, 0.5) is 0 Å². The molecule has 0 amide bonds. The van der Waals surface area contributed by atoms with E-state index in [1.54, 1.807) is 0 Å². The number of ether oxygens (including phenoxy) is 2. The van der Waals surface area contributed by atoms with Gasteiger partial charge in [-0.1, -0.05) is 45.3 Å². The number of hydrogen-bond donors (Lipinski definition) is 0. The molecule has 126 valence electrons. The predicted octanol–water partition coefficient (Wildman–Crippen LogP) is 4.35. The maximum atomic E-state index is 11.3. The molecule has 0 bridgehead atoms. The summed E-state index contributed by atoms with van der Waals surface area (Å²) in [6, 6.07) is 0. The average molecular weight is 310 g/mol. The number of unbranched alkanes of at least 4 members (excludes halogenated alkanes) is 5. The van der Waals surface area contributed by atoms with Crippen LogP contribution in [0.2, 0.25) is 0 Å². The summed E-state index contributed by atoms with van der Waals surface area (Å²) in [5.74, 6) is -1.00. The van der Waals surface area contributed by atoms with Crippen LogP contribution in [0.25, 0.3) is 0 Å². The Morgan fingerprint density at radius 2 is 1.23 bits per heavy atom. The number of carbonyl (C=O) groups is 2. The second-order valence-corrected chi connectivity index (χ2v) is 5.13. The van der Waals surface area contributed by atoms with Crippen molar-refractivity contribution in [1.29, 1.82) is 0 Å². The molecule has 22 heavy (non-hydrogen) atoms. The molecule has 0 aliphatic heterocycles. The topological polar surface area (TPSA) is 52.6 Å². The highest BCUT2D eigenvalue weighted by molar-refractivity contribution is 5.91. The van der Waals surface area contributed by atoms with E-state index >= 15 is 0 Å². The lowest BCUT2D eigenvalue weighted by atomic mass is 10.2. The van der Waals surface area contributed by atoms with Crippen LogP contribution in [-0.4, -0.2) is 25.2 Å². The van der Waals surface area contributed by atoms with Gasteiger partial charge in [-0.25, -0.2) is 9.59 Å². The molecule has 0 fully saturated rings. The molecular weight excluding hydrogens is 280 g/mol. The summed E-state index contributed by atoms with van der Waals surface area (Å²) in [4.78, 5) is 22.6. The average Bonchev–Trinajstić information content (AvgIpc) is 2.51. The number of esters is 2. The lowest BCUT2D eigenvalue weighted by molar-refractivity contribution is -0.140. The lowest BCUT2D eigenvalue weighted by Gasteiger charge is -2.00. The summed E-state index contributed by atoms with van der Waals surface area (Å²) in [7, 11) is 0. The molecule has 0 aromatic rings. The highest BCUT2D eigenvalue weighted by Gasteiger charge is 2.00. The summed E-state index contributed by atoms with van der Waals surface area (Å²) >= 11 is 0. The smallest absolute Gasteiger partial charge is 0.331 e. The van der Waals surface area contributed by atoms with Crippen molar-refractivity contribution in [3.63, 3.8) is 0 Å². The molecule has 0 aromatic heterocycles. The van der Waals surface area contributed by atoms with Gasteiger partial charge < -0.3 is 9.47 Å². The van der Waals surface area contributed by atoms with Gasteiger partial charge in [0.25, 0.3) is 0 Å². The summed E-state index contributed by atoms with van der Waals surface area (Å²) < 4.78 is 9.88. The van der Waals surface area contributed by atoms with Crippen LogP contribution in [0.1, 0.15) is 65.2 Å². The number of allylic oxidation sites excluding steroid dienone is 2. The van der Waals surface area contributed by atoms with Crippen LogP contribution in [0.15, 0.2) is 24.3 Å². The van der Waals surface area contributed by atoms with Gasteiger partial charge in [0, 0.05) is 12.2 Å². The Morgan fingerprint density at radius 1 is 0.727 bits per heavy atom. The Labute approximate surface area is 134 Å². The minimum absolute atomic E-state index is 0.368. The van der Waals surface area contributed by atoms with Crippen molar-refractivity contribution in [2.75, 3.05) is 13.2 Å². The van der Waals surface area contributed by atoms with E-state index in [4.69, 9.17) is 9.47 Å². The maximum Gasteiger partial charge on any atom is 0.331 e. The fourth-order valence-corrected chi connectivity index (χ4v) is 1.67. The molecule has 0 rings (SSSR count). The normalized spacial score (nSPS) is 11.2. The number of rotatable bonds is 13. The summed E-state index contributed by atoms with van der Waals surface area (Å²) in [5, 5.41) is 0. The SMILES string of the molecule is CCCCC/C=C/CCCOC(=O)/C=C/C(=O)OCCCC. The lowest BCUT2D eigenvalue weighted by Crippen LogP contribution is -2.05. The Hall–Kier alpha value is -1.58. The van der Waals surface area contributed by atoms with Crippen molar-refractivity contribution in [2.24, 2.45) is 0 Å². The highest BCUT2D eigenvalue weighted by atomic mass is 16.5. The van der Waals surface area contributed by atoms with Crippen LogP contribution < -0.4 is 0 Å². The number of carbonyl (C=O) groups excluding carboxylic acids is 2. The zero-order valence-corrected chi connectivity index (χ0v) is 14.0. The van der Waals surface area contributed by atoms with Gasteiger partial charge >= 0.3 is 11.9 Å². The first kappa shape index (κ1) is 20.4. The monoisotopic (exact) mass is 310 g/mol. The van der Waals surface area contributed by atoms with E-state index in [0.29, 0.717) is 13.2 Å². The molecule has 0 saturated heterocycles. The molecule has 0 aliphatic rings. The highest BCUT2D eigenvalue weighted by Crippen LogP contribution is 2.01. The molecule has 0 atom stereocenters. The van der Waals surface area contributed by atoms with Gasteiger partial charge in [0.15, 0.2) is 0 Å². The van der Waals surface area contributed by atoms with E-state index in [9.17, 15) is 9.59 Å². The van der Waals surface area contributed by atoms with E-state index in [-0.39, 0.29) is 0 Å². The first-order valence-corrected chi connectivity index (χ1v) is 8.37. The van der Waals surface area contributed by atoms with Crippen molar-refractivity contribution >= 4 is 11.9 Å². The second-order valence-electron chi connectivity index (χ2n) is 5.13. The Kier molecular flexibility index (Phi) is 14.7. The zero-order valence-electron chi connectivity index (χ0n) is 14.0. The Bertz CT molecular complexity index is 345. The van der Waals surface area contributed by atoms with Crippen LogP contribution in [0.3, 0.4) is 0 Å². The van der Waals surface area contributed by atoms with Crippen LogP contribution in [0, 0.1) is 0 Å². The van der Waals surface area contributed by atoms with Gasteiger partial charge in [-0.3, -0.25) is 0 Å². The van der Waals surface area contributed by atoms with Gasteiger partial charge in [-0.15, -0.1) is 0 Å². The summed E-state index contributed by atoms with van der Waals surface area (Å²) in [5.41, 5.74) is 0. The van der Waals surface area contributed by atoms with Gasteiger partial charge in [0.2, 0.25) is 0 Å². The van der Waals surface area contributed by atoms with Crippen molar-refractivity contribution < 1.29 is 19.1 Å². The van der Waals surface area contributed by atoms with E-state index < -0.39 is 11.9 Å². The molecule has 4 heteroatoms. The predicted molar refractivity (Wildman–Crippen MR) is 88.5 cm³/mol. The van der Waals surface area contributed by atoms with Gasteiger partial charge in [-0.05, 0) is 32.1 Å². The molecule has 0 aliphatic carbocycles. The van der Waals surface area contributed by atoms with E-state index in [0.717, 1.165) is 44.3 Å². The molecule has 0 radical (unpaired) electrons. The van der Waals surface area contributed by atoms with Gasteiger partial charge in [-0.2, -0.15) is 0 Å². The quantitative estimate of drug-likeness (QED) is 0.220. The first-order valence-electron chi connectivity index (χ1n) is 8.37. The van der Waals surface area contributed by atoms with Crippen molar-refractivity contribution in [2.45, 2.75) is 65.2 Å². The third-order valence-corrected chi connectivity index (χ3v) is 3.00. The van der Waals surface area contributed by atoms with Crippen LogP contribution >= 0.6 is 0 Å². The van der Waals surface area contributed by atoms with Gasteiger partial charge in [0.05, 0.1) is 13.2 Å². The van der Waals surface area contributed by atoms with E-state index in [2.05, 4.69) is 19.1 Å². The fourth-order valence-electron chi connectivity index (χ4n) is 1.67. The summed E-state index contributed by atoms with van der Waals surface area (Å²) in [6.07, 6.45) is 14.9. The van der Waals surface area contributed by atoms with E-state index in [1.807, 2.05) is 6.92 Å². The number of hydrogen-bond acceptors (Lipinski definition) is 4. The van der Waals surface area contributed by atoms with E-state index in [1.165, 1.54) is 19.3 Å². The Balaban J connectivity index is 3.54. The third kappa shape index (κ3) is 14.8. The largest absolute Gasteiger partial charge is 0.463 e. The Morgan fingerprint density at radius 3 is 1.77 bits per heavy atom. The zero-order chi connectivity index (χ0) is 16.5.